The molecule has 0 saturated carbocycles. The molecule has 0 spiro atoms. The third-order valence-corrected chi connectivity index (χ3v) is 5.91. The quantitative estimate of drug-likeness (QED) is 0.631. The van der Waals surface area contributed by atoms with E-state index < -0.39 is 0 Å². The number of nitrogens with zero attached hydrogens (tertiary/aromatic N) is 1. The molecule has 138 valence electrons. The lowest BCUT2D eigenvalue weighted by Gasteiger charge is -2.28. The number of nitrogens with one attached hydrogen (secondary N) is 1. The summed E-state index contributed by atoms with van der Waals surface area (Å²) >= 11 is 13.1. The lowest BCUT2D eigenvalue weighted by atomic mass is 9.90. The van der Waals surface area contributed by atoms with Crippen molar-refractivity contribution in [3.05, 3.63) is 86.9 Å². The fraction of sp³-hybridized carbons (Fsp3) is 0.261. The Labute approximate surface area is 170 Å². The fourth-order valence-electron chi connectivity index (χ4n) is 3.79. The summed E-state index contributed by atoms with van der Waals surface area (Å²) in [5.74, 6) is 1.28. The first-order valence-corrected chi connectivity index (χ1v) is 10.0. The van der Waals surface area contributed by atoms with Gasteiger partial charge < -0.3 is 5.32 Å². The zero-order valence-electron chi connectivity index (χ0n) is 15.5. The maximum atomic E-state index is 6.70. The summed E-state index contributed by atoms with van der Waals surface area (Å²) in [7, 11) is 0. The number of hydrogen-bond acceptors (Lipinski definition) is 2. The highest BCUT2D eigenvalue weighted by atomic mass is 35.5. The molecule has 2 aromatic carbocycles. The molecule has 1 aliphatic carbocycles. The number of rotatable bonds is 2. The minimum absolute atomic E-state index is 0.140. The van der Waals surface area contributed by atoms with Gasteiger partial charge in [0.15, 0.2) is 0 Å². The number of fused-ring (bicyclic) bond motifs is 3. The van der Waals surface area contributed by atoms with Gasteiger partial charge in [-0.1, -0.05) is 72.6 Å². The Morgan fingerprint density at radius 2 is 1.89 bits per heavy atom. The molecule has 1 heterocycles. The molecule has 0 radical (unpaired) electrons. The smallest absolute Gasteiger partial charge is 0.110 e. The lowest BCUT2D eigenvalue weighted by molar-refractivity contribution is 0.774. The highest BCUT2D eigenvalue weighted by Gasteiger charge is 2.28. The van der Waals surface area contributed by atoms with E-state index in [1.54, 1.807) is 0 Å². The van der Waals surface area contributed by atoms with Crippen LogP contribution in [-0.4, -0.2) is 11.9 Å². The summed E-state index contributed by atoms with van der Waals surface area (Å²) in [6, 6.07) is 16.4. The zero-order valence-corrected chi connectivity index (χ0v) is 17.0. The SMILES string of the molecule is CC1=C2NC(Cc3ccccc3)=NC1C(Cl)=CCC(C)c1ccc(Cl)cc12. The Balaban J connectivity index is 1.82. The second-order valence-corrected chi connectivity index (χ2v) is 8.15. The van der Waals surface area contributed by atoms with E-state index in [4.69, 9.17) is 28.2 Å². The highest BCUT2D eigenvalue weighted by Crippen LogP contribution is 2.37. The first kappa shape index (κ1) is 18.3. The van der Waals surface area contributed by atoms with Crippen LogP contribution in [0.4, 0.5) is 0 Å². The van der Waals surface area contributed by atoms with Gasteiger partial charge in [0, 0.05) is 27.7 Å². The summed E-state index contributed by atoms with van der Waals surface area (Å²) in [4.78, 5) is 4.94. The Hall–Kier alpha value is -2.03. The summed E-state index contributed by atoms with van der Waals surface area (Å²) < 4.78 is 0. The number of amidine groups is 1. The van der Waals surface area contributed by atoms with Crippen LogP contribution in [0, 0.1) is 0 Å². The molecule has 2 bridgehead atoms. The van der Waals surface area contributed by atoms with Crippen molar-refractivity contribution >= 4 is 34.7 Å². The molecule has 2 atom stereocenters. The predicted octanol–water partition coefficient (Wildman–Crippen LogP) is 6.31. The molecule has 0 fully saturated rings. The van der Waals surface area contributed by atoms with Crippen LogP contribution in [0.1, 0.15) is 42.9 Å². The van der Waals surface area contributed by atoms with Gasteiger partial charge >= 0.3 is 0 Å². The summed E-state index contributed by atoms with van der Waals surface area (Å²) in [6.07, 6.45) is 3.74. The second-order valence-electron chi connectivity index (χ2n) is 7.28. The van der Waals surface area contributed by atoms with Gasteiger partial charge in [-0.15, -0.1) is 0 Å². The van der Waals surface area contributed by atoms with Crippen LogP contribution in [0.2, 0.25) is 5.02 Å². The third-order valence-electron chi connectivity index (χ3n) is 5.32. The van der Waals surface area contributed by atoms with Gasteiger partial charge in [-0.25, -0.2) is 0 Å². The second kappa shape index (κ2) is 7.53. The number of allylic oxidation sites excluding steroid dienone is 1. The molecule has 2 aliphatic rings. The van der Waals surface area contributed by atoms with E-state index in [1.807, 2.05) is 12.1 Å². The van der Waals surface area contributed by atoms with Crippen molar-refractivity contribution in [1.82, 2.24) is 5.32 Å². The minimum atomic E-state index is -0.140. The van der Waals surface area contributed by atoms with Crippen LogP contribution in [0.15, 0.2) is 70.2 Å². The molecule has 4 heteroatoms. The number of benzene rings is 2. The van der Waals surface area contributed by atoms with E-state index in [0.29, 0.717) is 5.92 Å². The Morgan fingerprint density at radius 3 is 2.67 bits per heavy atom. The maximum absolute atomic E-state index is 6.70. The standard InChI is InChI=1S/C23H22Cl2N2/c1-14-8-11-20(25)23-15(2)22(19-13-17(24)9-10-18(14)19)26-21(27-23)12-16-6-4-3-5-7-16/h3-7,9-11,13-14,23H,8,12H2,1-2H3,(H,26,27). The van der Waals surface area contributed by atoms with E-state index in [-0.39, 0.29) is 6.04 Å². The van der Waals surface area contributed by atoms with E-state index in [1.165, 1.54) is 11.1 Å². The Morgan fingerprint density at radius 1 is 1.11 bits per heavy atom. The minimum Gasteiger partial charge on any atom is -0.343 e. The molecule has 2 nitrogen and oxygen atoms in total. The molecule has 1 aliphatic heterocycles. The fourth-order valence-corrected chi connectivity index (χ4v) is 4.27. The van der Waals surface area contributed by atoms with Crippen molar-refractivity contribution in [3.8, 4) is 0 Å². The number of hydrogen-bond donors (Lipinski definition) is 1. The number of halogens is 2. The van der Waals surface area contributed by atoms with Crippen molar-refractivity contribution in [2.24, 2.45) is 4.99 Å². The van der Waals surface area contributed by atoms with Crippen molar-refractivity contribution in [1.29, 1.82) is 0 Å². The van der Waals surface area contributed by atoms with E-state index in [2.05, 4.69) is 61.6 Å². The van der Waals surface area contributed by atoms with Gasteiger partial charge in [0.25, 0.3) is 0 Å². The van der Waals surface area contributed by atoms with Crippen molar-refractivity contribution in [3.63, 3.8) is 0 Å². The van der Waals surface area contributed by atoms with Crippen LogP contribution in [0.3, 0.4) is 0 Å². The molecule has 2 unspecified atom stereocenters. The van der Waals surface area contributed by atoms with E-state index in [9.17, 15) is 0 Å². The van der Waals surface area contributed by atoms with Crippen LogP contribution < -0.4 is 5.32 Å². The molecule has 4 rings (SSSR count). The van der Waals surface area contributed by atoms with Gasteiger partial charge in [-0.05, 0) is 48.1 Å². The molecule has 1 N–H and O–H groups in total. The average molecular weight is 397 g/mol. The summed E-state index contributed by atoms with van der Waals surface area (Å²) in [6.45, 7) is 4.33. The van der Waals surface area contributed by atoms with Gasteiger partial charge in [0.2, 0.25) is 0 Å². The van der Waals surface area contributed by atoms with Gasteiger partial charge in [-0.2, -0.15) is 0 Å². The maximum Gasteiger partial charge on any atom is 0.110 e. The first-order chi connectivity index (χ1) is 13.0. The lowest BCUT2D eigenvalue weighted by Crippen LogP contribution is -2.33. The zero-order chi connectivity index (χ0) is 19.0. The van der Waals surface area contributed by atoms with Crippen LogP contribution >= 0.6 is 23.2 Å². The van der Waals surface area contributed by atoms with Gasteiger partial charge in [0.05, 0.1) is 0 Å². The van der Waals surface area contributed by atoms with Crippen molar-refractivity contribution < 1.29 is 0 Å². The van der Waals surface area contributed by atoms with Crippen LogP contribution in [-0.2, 0) is 6.42 Å². The normalized spacial score (nSPS) is 21.9. The highest BCUT2D eigenvalue weighted by molar-refractivity contribution is 6.31. The number of aliphatic imine (C=N–C) groups is 1. The predicted molar refractivity (Wildman–Crippen MR) is 116 cm³/mol. The van der Waals surface area contributed by atoms with Crippen molar-refractivity contribution in [2.45, 2.75) is 38.6 Å². The van der Waals surface area contributed by atoms with Gasteiger partial charge in [0.1, 0.15) is 11.9 Å². The summed E-state index contributed by atoms with van der Waals surface area (Å²) in [5.41, 5.74) is 5.86. The molecular formula is C23H22Cl2N2. The molecule has 0 amide bonds. The first-order valence-electron chi connectivity index (χ1n) is 9.26. The van der Waals surface area contributed by atoms with Gasteiger partial charge in [-0.3, -0.25) is 4.99 Å². The van der Waals surface area contributed by atoms with Crippen LogP contribution in [0.25, 0.3) is 5.70 Å². The molecule has 0 saturated heterocycles. The largest absolute Gasteiger partial charge is 0.343 e. The Bertz CT molecular complexity index is 958. The third kappa shape index (κ3) is 3.69. The van der Waals surface area contributed by atoms with E-state index in [0.717, 1.165) is 45.6 Å². The summed E-state index contributed by atoms with van der Waals surface area (Å²) in [5, 5.41) is 5.12. The average Bonchev–Trinajstić information content (AvgIpc) is 2.69. The topological polar surface area (TPSA) is 24.4 Å². The monoisotopic (exact) mass is 396 g/mol. The van der Waals surface area contributed by atoms with E-state index >= 15 is 0 Å². The molecule has 0 aromatic heterocycles. The molecule has 27 heavy (non-hydrogen) atoms. The molecule has 2 aromatic rings. The van der Waals surface area contributed by atoms with Crippen LogP contribution in [0.5, 0.6) is 0 Å². The van der Waals surface area contributed by atoms with Crippen molar-refractivity contribution in [2.75, 3.05) is 0 Å². The Kier molecular flexibility index (Phi) is 5.12. The molecular weight excluding hydrogens is 375 g/mol.